The molecule has 0 aliphatic carbocycles. The summed E-state index contributed by atoms with van der Waals surface area (Å²) in [5, 5.41) is 2.58. The lowest BCUT2D eigenvalue weighted by atomic mass is 9.91. The van der Waals surface area contributed by atoms with Crippen molar-refractivity contribution in [3.05, 3.63) is 142 Å². The number of ether oxygens (including phenoxy) is 3. The zero-order valence-electron chi connectivity index (χ0n) is 49.2. The highest BCUT2D eigenvalue weighted by Gasteiger charge is 2.13. The summed E-state index contributed by atoms with van der Waals surface area (Å²) in [5.41, 5.74) is 13.0. The summed E-state index contributed by atoms with van der Waals surface area (Å²) in [6.07, 6.45) is 29.5. The van der Waals surface area contributed by atoms with E-state index in [1.165, 1.54) is 132 Å². The fourth-order valence-corrected chi connectivity index (χ4v) is 9.46. The van der Waals surface area contributed by atoms with Gasteiger partial charge in [0.05, 0.1) is 20.3 Å². The van der Waals surface area contributed by atoms with Crippen molar-refractivity contribution >= 4 is 29.0 Å². The summed E-state index contributed by atoms with van der Waals surface area (Å²) >= 11 is 0. The van der Waals surface area contributed by atoms with E-state index in [0.29, 0.717) is 5.92 Å². The Morgan fingerprint density at radius 3 is 1.77 bits per heavy atom. The highest BCUT2D eigenvalue weighted by Crippen LogP contribution is 2.34. The second-order valence-electron chi connectivity index (χ2n) is 22.1. The fourth-order valence-electron chi connectivity index (χ4n) is 9.46. The fraction of sp³-hybridized carbons (Fsp3) is 0.514. The van der Waals surface area contributed by atoms with Crippen molar-refractivity contribution < 1.29 is 14.2 Å². The van der Waals surface area contributed by atoms with Gasteiger partial charge in [0.15, 0.2) is 0 Å². The number of benzene rings is 5. The van der Waals surface area contributed by atoms with Crippen LogP contribution in [0.1, 0.15) is 198 Å². The van der Waals surface area contributed by atoms with Crippen LogP contribution in [0.5, 0.6) is 17.2 Å². The molecule has 400 valence electrons. The van der Waals surface area contributed by atoms with Gasteiger partial charge in [-0.05, 0) is 195 Å². The van der Waals surface area contributed by atoms with Crippen LogP contribution in [-0.4, -0.2) is 20.3 Å². The third kappa shape index (κ3) is 23.0. The average molecular weight is 992 g/mol. The van der Waals surface area contributed by atoms with Crippen LogP contribution in [0, 0.1) is 57.3 Å². The molecule has 0 amide bonds. The Morgan fingerprint density at radius 2 is 1.16 bits per heavy atom. The number of methoxy groups -OCH3 is 1. The topological polar surface area (TPSA) is 27.7 Å². The van der Waals surface area contributed by atoms with Gasteiger partial charge in [-0.1, -0.05) is 198 Å². The summed E-state index contributed by atoms with van der Waals surface area (Å²) in [6.45, 7) is 34.9. The van der Waals surface area contributed by atoms with E-state index in [9.17, 15) is 0 Å². The average Bonchev–Trinajstić information content (AvgIpc) is 3.36. The molecule has 0 aliphatic heterocycles. The van der Waals surface area contributed by atoms with Gasteiger partial charge < -0.3 is 14.2 Å². The van der Waals surface area contributed by atoms with Gasteiger partial charge in [-0.2, -0.15) is 0 Å². The molecule has 0 radical (unpaired) electrons. The quantitative estimate of drug-likeness (QED) is 0.0525. The van der Waals surface area contributed by atoms with Crippen molar-refractivity contribution in [2.45, 2.75) is 187 Å². The summed E-state index contributed by atoms with van der Waals surface area (Å²) in [6, 6.07) is 28.7. The Labute approximate surface area is 448 Å². The number of hydrogen-bond acceptors (Lipinski definition) is 3. The standard InChI is InChI=1S/C30H38O.C21H34.C19H30O2/c1-6-8-25-20-27-12-11-24(5)19-29(27)30(21-25)26-13-15-28(16-14-26)31-18-17-23(4)10-7-9-22(2)3;1-7-9-20-14-18(5)19(6)15-21(20)13-12-17(4)11-8-10-16(2)3;1-6-9-11-16(8-3)14-21-19-12-15(4)18(20-5)13-17(19)10-7-2/h6,8,11-16,19-23H,7,9-10,17-18H2,1-5H3;7,9,14-17H,8,10-13H2,1-6H3;7,10,12-13,16H,6,8-9,11,14H2,1-5H3/b8-6+;9-7+;10-7+. The molecule has 5 aromatic rings. The Kier molecular flexibility index (Phi) is 29.4. The largest absolute Gasteiger partial charge is 0.496 e. The summed E-state index contributed by atoms with van der Waals surface area (Å²) < 4.78 is 17.6. The second kappa shape index (κ2) is 34.5. The van der Waals surface area contributed by atoms with Crippen LogP contribution >= 0.6 is 0 Å². The maximum absolute atomic E-state index is 6.11. The van der Waals surface area contributed by atoms with Gasteiger partial charge >= 0.3 is 0 Å². The van der Waals surface area contributed by atoms with Crippen molar-refractivity contribution in [2.24, 2.45) is 29.6 Å². The summed E-state index contributed by atoms with van der Waals surface area (Å²) in [4.78, 5) is 0. The number of allylic oxidation sites excluding steroid dienone is 3. The van der Waals surface area contributed by atoms with Gasteiger partial charge in [-0.15, -0.1) is 0 Å². The van der Waals surface area contributed by atoms with E-state index in [0.717, 1.165) is 71.7 Å². The van der Waals surface area contributed by atoms with Crippen LogP contribution in [0.15, 0.2) is 97.1 Å². The van der Waals surface area contributed by atoms with E-state index in [-0.39, 0.29) is 0 Å². The lowest BCUT2D eigenvalue weighted by molar-refractivity contribution is 0.232. The molecule has 3 unspecified atom stereocenters. The Balaban J connectivity index is 0.000000299. The smallest absolute Gasteiger partial charge is 0.127 e. The van der Waals surface area contributed by atoms with Gasteiger partial charge in [0.1, 0.15) is 17.2 Å². The van der Waals surface area contributed by atoms with Gasteiger partial charge in [-0.3, -0.25) is 0 Å². The molecule has 0 fully saturated rings. The van der Waals surface area contributed by atoms with Crippen LogP contribution in [0.4, 0.5) is 0 Å². The molecule has 0 aliphatic rings. The molecule has 0 spiro atoms. The maximum atomic E-state index is 6.11. The van der Waals surface area contributed by atoms with Gasteiger partial charge in [0.2, 0.25) is 0 Å². The van der Waals surface area contributed by atoms with E-state index in [1.807, 2.05) is 13.0 Å². The van der Waals surface area contributed by atoms with E-state index in [1.54, 1.807) is 7.11 Å². The summed E-state index contributed by atoms with van der Waals surface area (Å²) in [7, 11) is 1.71. The van der Waals surface area contributed by atoms with Crippen molar-refractivity contribution in [3.8, 4) is 28.4 Å². The predicted molar refractivity (Wildman–Crippen MR) is 325 cm³/mol. The maximum Gasteiger partial charge on any atom is 0.127 e. The van der Waals surface area contributed by atoms with Crippen molar-refractivity contribution in [3.63, 3.8) is 0 Å². The Bertz CT molecular complexity index is 2410. The van der Waals surface area contributed by atoms with Crippen LogP contribution in [0.2, 0.25) is 0 Å². The normalized spacial score (nSPS) is 12.8. The van der Waals surface area contributed by atoms with Crippen molar-refractivity contribution in [1.29, 1.82) is 0 Å². The minimum Gasteiger partial charge on any atom is -0.496 e. The van der Waals surface area contributed by atoms with E-state index < -0.39 is 0 Å². The van der Waals surface area contributed by atoms with Gasteiger partial charge in [0.25, 0.3) is 0 Å². The van der Waals surface area contributed by atoms with Gasteiger partial charge in [-0.25, -0.2) is 0 Å². The van der Waals surface area contributed by atoms with Crippen molar-refractivity contribution in [1.82, 2.24) is 0 Å². The molecular formula is C70H102O3. The Morgan fingerprint density at radius 1 is 0.534 bits per heavy atom. The Hall–Kier alpha value is -5.02. The van der Waals surface area contributed by atoms with Gasteiger partial charge in [0, 0.05) is 5.56 Å². The lowest BCUT2D eigenvalue weighted by Gasteiger charge is -2.18. The monoisotopic (exact) mass is 991 g/mol. The molecule has 0 heterocycles. The number of hydrogen-bond donors (Lipinski definition) is 0. The molecular weight excluding hydrogens is 889 g/mol. The molecule has 3 heteroatoms. The van der Waals surface area contributed by atoms with E-state index in [2.05, 4.69) is 206 Å². The first kappa shape index (κ1) is 62.3. The molecule has 73 heavy (non-hydrogen) atoms. The number of fused-ring (bicyclic) bond motifs is 1. The first-order valence-electron chi connectivity index (χ1n) is 28.6. The molecule has 0 N–H and O–H groups in total. The predicted octanol–water partition coefficient (Wildman–Crippen LogP) is 21.4. The zero-order valence-corrected chi connectivity index (χ0v) is 49.2. The zero-order chi connectivity index (χ0) is 53.7. The summed E-state index contributed by atoms with van der Waals surface area (Å²) in [5.74, 6) is 6.69. The highest BCUT2D eigenvalue weighted by atomic mass is 16.5. The molecule has 3 atom stereocenters. The molecule has 3 nitrogen and oxygen atoms in total. The SMILES string of the molecule is C/C=C/c1cc(-c2ccc(OCCC(C)CCCC(C)C)cc2)c2cc(C)ccc2c1.C/C=C/c1cc(C)c(C)cc1CCC(C)CCCC(C)C.C/C=C/c1cc(OC)c(C)cc1OCC(CC)CCCC. The molecule has 0 aromatic heterocycles. The molecule has 5 aromatic carbocycles. The molecule has 0 bridgehead atoms. The minimum absolute atomic E-state index is 0.644. The molecule has 5 rings (SSSR count). The van der Waals surface area contributed by atoms with E-state index >= 15 is 0 Å². The lowest BCUT2D eigenvalue weighted by Crippen LogP contribution is -2.12. The first-order valence-corrected chi connectivity index (χ1v) is 28.6. The molecule has 0 saturated carbocycles. The molecule has 0 saturated heterocycles. The number of aryl methyl sites for hydroxylation is 5. The van der Waals surface area contributed by atoms with E-state index in [4.69, 9.17) is 14.2 Å². The minimum atomic E-state index is 0.644. The highest BCUT2D eigenvalue weighted by molar-refractivity contribution is 5.98. The number of rotatable bonds is 27. The second-order valence-corrected chi connectivity index (χ2v) is 22.1. The first-order chi connectivity index (χ1) is 35.0. The van der Waals surface area contributed by atoms with Crippen LogP contribution in [-0.2, 0) is 6.42 Å². The third-order valence-electron chi connectivity index (χ3n) is 14.4. The van der Waals surface area contributed by atoms with Crippen molar-refractivity contribution in [2.75, 3.05) is 20.3 Å². The van der Waals surface area contributed by atoms with Crippen LogP contribution in [0.25, 0.3) is 40.1 Å². The third-order valence-corrected chi connectivity index (χ3v) is 14.4. The van der Waals surface area contributed by atoms with Crippen LogP contribution in [0.3, 0.4) is 0 Å². The van der Waals surface area contributed by atoms with Crippen LogP contribution < -0.4 is 14.2 Å². The number of unbranched alkanes of at least 4 members (excludes halogenated alkanes) is 1.